The first-order chi connectivity index (χ1) is 6.52. The summed E-state index contributed by atoms with van der Waals surface area (Å²) in [5.74, 6) is -2.40. The van der Waals surface area contributed by atoms with Crippen molar-refractivity contribution in [1.29, 1.82) is 0 Å². The van der Waals surface area contributed by atoms with Gasteiger partial charge in [0.05, 0.1) is 6.42 Å². The highest BCUT2D eigenvalue weighted by Gasteiger charge is 2.22. The molecule has 1 atom stereocenters. The summed E-state index contributed by atoms with van der Waals surface area (Å²) in [5, 5.41) is 17.3. The maximum atomic E-state index is 10.7. The number of aliphatic carboxylic acids is 2. The third kappa shape index (κ3) is 2.19. The average molecular weight is 216 g/mol. The van der Waals surface area contributed by atoms with Crippen LogP contribution in [-0.2, 0) is 9.59 Å². The Morgan fingerprint density at radius 2 is 2.21 bits per heavy atom. The number of nitrogens with zero attached hydrogens (tertiary/aromatic N) is 1. The van der Waals surface area contributed by atoms with Crippen LogP contribution in [-0.4, -0.2) is 31.7 Å². The molecule has 0 aliphatic heterocycles. The lowest BCUT2D eigenvalue weighted by atomic mass is 10.2. The van der Waals surface area contributed by atoms with E-state index in [1.165, 1.54) is 17.0 Å². The van der Waals surface area contributed by atoms with Crippen LogP contribution in [0.25, 0.3) is 0 Å². The largest absolute Gasteiger partial charge is 0.481 e. The second kappa shape index (κ2) is 4.05. The lowest BCUT2D eigenvalue weighted by Gasteiger charge is -2.10. The van der Waals surface area contributed by atoms with Gasteiger partial charge in [0.2, 0.25) is 0 Å². The van der Waals surface area contributed by atoms with Gasteiger partial charge in [-0.15, -0.1) is 0 Å². The molecular weight excluding hydrogens is 208 g/mol. The number of hydrogen-bond donors (Lipinski definition) is 3. The molecular formula is C7H8N2O4S. The predicted octanol–water partition coefficient (Wildman–Crippen LogP) is 0.646. The van der Waals surface area contributed by atoms with E-state index in [2.05, 4.69) is 4.98 Å². The zero-order valence-corrected chi connectivity index (χ0v) is 7.82. The molecule has 0 saturated heterocycles. The number of rotatable bonds is 4. The van der Waals surface area contributed by atoms with Crippen LogP contribution in [0.3, 0.4) is 0 Å². The van der Waals surface area contributed by atoms with Gasteiger partial charge in [-0.2, -0.15) is 0 Å². The third-order valence-corrected chi connectivity index (χ3v) is 1.99. The molecule has 1 heterocycles. The second-order valence-corrected chi connectivity index (χ2v) is 3.01. The van der Waals surface area contributed by atoms with E-state index < -0.39 is 24.4 Å². The number of hydrogen-bond acceptors (Lipinski definition) is 3. The Hall–Kier alpha value is -1.63. The summed E-state index contributed by atoms with van der Waals surface area (Å²) in [6, 6.07) is -1.16. The lowest BCUT2D eigenvalue weighted by Crippen LogP contribution is -2.21. The molecule has 0 spiro atoms. The minimum Gasteiger partial charge on any atom is -0.481 e. The van der Waals surface area contributed by atoms with Gasteiger partial charge in [-0.25, -0.2) is 4.79 Å². The summed E-state index contributed by atoms with van der Waals surface area (Å²) in [7, 11) is 0. The Labute approximate surface area is 83.8 Å². The van der Waals surface area contributed by atoms with Gasteiger partial charge < -0.3 is 19.8 Å². The highest BCUT2D eigenvalue weighted by Crippen LogP contribution is 2.12. The summed E-state index contributed by atoms with van der Waals surface area (Å²) >= 11 is 4.78. The van der Waals surface area contributed by atoms with Gasteiger partial charge in [-0.1, -0.05) is 0 Å². The van der Waals surface area contributed by atoms with Gasteiger partial charge in [0.1, 0.15) is 6.04 Å². The maximum absolute atomic E-state index is 10.7. The van der Waals surface area contributed by atoms with Crippen LogP contribution in [0, 0.1) is 4.77 Å². The molecule has 1 aromatic rings. The molecule has 1 aromatic heterocycles. The molecule has 0 saturated carbocycles. The number of H-pyrrole nitrogens is 1. The molecule has 0 fully saturated rings. The highest BCUT2D eigenvalue weighted by atomic mass is 32.1. The quantitative estimate of drug-likeness (QED) is 0.642. The van der Waals surface area contributed by atoms with Crippen molar-refractivity contribution in [2.24, 2.45) is 0 Å². The van der Waals surface area contributed by atoms with Crippen molar-refractivity contribution in [2.45, 2.75) is 12.5 Å². The van der Waals surface area contributed by atoms with Crippen molar-refractivity contribution in [1.82, 2.24) is 9.55 Å². The fourth-order valence-corrected chi connectivity index (χ4v) is 1.30. The van der Waals surface area contributed by atoms with Crippen molar-refractivity contribution >= 4 is 24.2 Å². The first kappa shape index (κ1) is 10.5. The molecule has 7 heteroatoms. The standard InChI is InChI=1S/C7H8N2O4S/c10-5(11)3-4(6(12)13)9-2-1-8-7(9)14/h1-2,4H,3H2,(H,8,14)(H,10,11)(H,12,13). The summed E-state index contributed by atoms with van der Waals surface area (Å²) < 4.78 is 1.39. The first-order valence-electron chi connectivity index (χ1n) is 3.72. The van der Waals surface area contributed by atoms with Crippen LogP contribution in [0.5, 0.6) is 0 Å². The van der Waals surface area contributed by atoms with Gasteiger partial charge >= 0.3 is 11.9 Å². The number of imidazole rings is 1. The van der Waals surface area contributed by atoms with Crippen molar-refractivity contribution < 1.29 is 19.8 Å². The molecule has 0 bridgehead atoms. The van der Waals surface area contributed by atoms with Crippen LogP contribution in [0.2, 0.25) is 0 Å². The van der Waals surface area contributed by atoms with Crippen LogP contribution in [0.1, 0.15) is 12.5 Å². The molecule has 0 amide bonds. The van der Waals surface area contributed by atoms with E-state index in [1.54, 1.807) is 0 Å². The molecule has 6 nitrogen and oxygen atoms in total. The van der Waals surface area contributed by atoms with Gasteiger partial charge in [-0.3, -0.25) is 4.79 Å². The Balaban J connectivity index is 3.00. The number of aromatic amines is 1. The van der Waals surface area contributed by atoms with E-state index in [4.69, 9.17) is 22.4 Å². The molecule has 76 valence electrons. The molecule has 0 aromatic carbocycles. The second-order valence-electron chi connectivity index (χ2n) is 2.62. The van der Waals surface area contributed by atoms with E-state index in [9.17, 15) is 9.59 Å². The lowest BCUT2D eigenvalue weighted by molar-refractivity contribution is -0.147. The SMILES string of the molecule is O=C(O)CC(C(=O)O)n1cc[nH]c1=S. The highest BCUT2D eigenvalue weighted by molar-refractivity contribution is 7.71. The van der Waals surface area contributed by atoms with Crippen molar-refractivity contribution in [3.05, 3.63) is 17.2 Å². The first-order valence-corrected chi connectivity index (χ1v) is 4.13. The van der Waals surface area contributed by atoms with E-state index in [0.29, 0.717) is 0 Å². The third-order valence-electron chi connectivity index (χ3n) is 1.67. The number of carboxylic acids is 2. The molecule has 0 aliphatic rings. The minimum absolute atomic E-state index is 0.193. The van der Waals surface area contributed by atoms with Crippen molar-refractivity contribution in [2.75, 3.05) is 0 Å². The Morgan fingerprint density at radius 1 is 1.57 bits per heavy atom. The average Bonchev–Trinajstić information content (AvgIpc) is 2.46. The number of carbonyl (C=O) groups is 2. The van der Waals surface area contributed by atoms with Crippen molar-refractivity contribution in [3.8, 4) is 0 Å². The Kier molecular flexibility index (Phi) is 3.03. The van der Waals surface area contributed by atoms with Crippen LogP contribution in [0.4, 0.5) is 0 Å². The molecule has 0 aliphatic carbocycles. The minimum atomic E-state index is -1.22. The summed E-state index contributed by atoms with van der Waals surface area (Å²) in [4.78, 5) is 23.7. The zero-order chi connectivity index (χ0) is 10.7. The van der Waals surface area contributed by atoms with Crippen LogP contribution in [0.15, 0.2) is 12.4 Å². The van der Waals surface area contributed by atoms with Gasteiger partial charge in [0.15, 0.2) is 4.77 Å². The van der Waals surface area contributed by atoms with Crippen LogP contribution < -0.4 is 0 Å². The smallest absolute Gasteiger partial charge is 0.327 e. The topological polar surface area (TPSA) is 95.3 Å². The normalized spacial score (nSPS) is 12.3. The van der Waals surface area contributed by atoms with Crippen molar-refractivity contribution in [3.63, 3.8) is 0 Å². The molecule has 3 N–H and O–H groups in total. The maximum Gasteiger partial charge on any atom is 0.327 e. The molecule has 14 heavy (non-hydrogen) atoms. The molecule has 1 unspecified atom stereocenters. The summed E-state index contributed by atoms with van der Waals surface area (Å²) in [6.45, 7) is 0. The number of nitrogens with one attached hydrogen (secondary N) is 1. The van der Waals surface area contributed by atoms with Gasteiger partial charge in [0, 0.05) is 12.4 Å². The fraction of sp³-hybridized carbons (Fsp3) is 0.286. The Morgan fingerprint density at radius 3 is 2.57 bits per heavy atom. The molecule has 1 rings (SSSR count). The number of carboxylic acid groups (broad SMARTS) is 2. The van der Waals surface area contributed by atoms with Crippen LogP contribution >= 0.6 is 12.2 Å². The van der Waals surface area contributed by atoms with E-state index in [0.717, 1.165) is 0 Å². The summed E-state index contributed by atoms with van der Waals surface area (Å²) in [5.41, 5.74) is 0. The fourth-order valence-electron chi connectivity index (χ4n) is 1.05. The van der Waals surface area contributed by atoms with E-state index in [-0.39, 0.29) is 4.77 Å². The van der Waals surface area contributed by atoms with Gasteiger partial charge in [-0.05, 0) is 12.2 Å². The van der Waals surface area contributed by atoms with E-state index in [1.807, 2.05) is 0 Å². The predicted molar refractivity (Wildman–Crippen MR) is 48.5 cm³/mol. The summed E-state index contributed by atoms with van der Waals surface area (Å²) in [6.07, 6.45) is 2.37. The Bertz CT molecular complexity index is 408. The van der Waals surface area contributed by atoms with Gasteiger partial charge in [0.25, 0.3) is 0 Å². The molecule has 0 radical (unpaired) electrons. The monoisotopic (exact) mass is 216 g/mol. The zero-order valence-electron chi connectivity index (χ0n) is 7.01. The number of aromatic nitrogens is 2. The van der Waals surface area contributed by atoms with E-state index >= 15 is 0 Å².